The Morgan fingerprint density at radius 3 is 2.93 bits per heavy atom. The number of hydrogen-bond acceptors (Lipinski definition) is 7. The number of hydrazone groups is 1. The van der Waals surface area contributed by atoms with Crippen LogP contribution in [0.5, 0.6) is 5.75 Å². The Hall–Kier alpha value is -3.53. The van der Waals surface area contributed by atoms with E-state index in [1.807, 2.05) is 17.5 Å². The third-order valence-corrected chi connectivity index (χ3v) is 5.23. The van der Waals surface area contributed by atoms with Crippen LogP contribution in [-0.4, -0.2) is 28.2 Å². The number of nitro benzene ring substituents is 1. The molecule has 0 radical (unpaired) electrons. The number of carbonyl (C=O) groups excluding carboxylic acids is 1. The van der Waals surface area contributed by atoms with Gasteiger partial charge in [0, 0.05) is 18.6 Å². The fourth-order valence-corrected chi connectivity index (χ4v) is 3.72. The Morgan fingerprint density at radius 2 is 2.24 bits per heavy atom. The predicted octanol–water partition coefficient (Wildman–Crippen LogP) is 4.15. The molecule has 0 saturated heterocycles. The maximum Gasteiger partial charge on any atom is 0.311 e. The normalized spacial score (nSPS) is 16.0. The van der Waals surface area contributed by atoms with Gasteiger partial charge in [0.15, 0.2) is 6.61 Å². The van der Waals surface area contributed by atoms with Crippen molar-refractivity contribution < 1.29 is 23.3 Å². The van der Waals surface area contributed by atoms with Crippen molar-refractivity contribution in [3.05, 3.63) is 80.7 Å². The number of nitro groups is 1. The summed E-state index contributed by atoms with van der Waals surface area (Å²) in [4.78, 5) is 24.1. The highest BCUT2D eigenvalue weighted by molar-refractivity contribution is 7.12. The van der Waals surface area contributed by atoms with Crippen LogP contribution in [0.1, 0.15) is 23.1 Å². The zero-order valence-electron chi connectivity index (χ0n) is 14.9. The molecule has 4 rings (SSSR count). The number of thiophene rings is 1. The SMILES string of the molecule is O=C(COc1cc(F)ccc1[N+](=O)[O-])N1N=C(c2cccs2)CC1c1ccco1. The van der Waals surface area contributed by atoms with Crippen LogP contribution in [0.3, 0.4) is 0 Å². The number of ether oxygens (including phenoxy) is 1. The lowest BCUT2D eigenvalue weighted by molar-refractivity contribution is -0.385. The summed E-state index contributed by atoms with van der Waals surface area (Å²) in [7, 11) is 0. The van der Waals surface area contributed by atoms with Crippen LogP contribution in [0.25, 0.3) is 0 Å². The molecule has 29 heavy (non-hydrogen) atoms. The number of nitrogens with zero attached hydrogens (tertiary/aromatic N) is 3. The number of hydrogen-bond donors (Lipinski definition) is 0. The average molecular weight is 415 g/mol. The van der Waals surface area contributed by atoms with Gasteiger partial charge in [-0.05, 0) is 29.6 Å². The van der Waals surface area contributed by atoms with Crippen molar-refractivity contribution in [2.24, 2.45) is 5.10 Å². The Morgan fingerprint density at radius 1 is 1.38 bits per heavy atom. The number of furan rings is 1. The van der Waals surface area contributed by atoms with Crippen LogP contribution in [0, 0.1) is 15.9 Å². The summed E-state index contributed by atoms with van der Waals surface area (Å²) in [5, 5.41) is 18.7. The van der Waals surface area contributed by atoms with E-state index in [-0.39, 0.29) is 5.75 Å². The first-order chi connectivity index (χ1) is 14.0. The second-order valence-corrected chi connectivity index (χ2v) is 7.10. The molecule has 2 aromatic heterocycles. The van der Waals surface area contributed by atoms with Gasteiger partial charge in [-0.3, -0.25) is 14.9 Å². The van der Waals surface area contributed by atoms with E-state index in [9.17, 15) is 19.3 Å². The van der Waals surface area contributed by atoms with Gasteiger partial charge in [0.2, 0.25) is 5.75 Å². The van der Waals surface area contributed by atoms with Gasteiger partial charge in [0.25, 0.3) is 5.91 Å². The molecule has 1 aliphatic heterocycles. The van der Waals surface area contributed by atoms with Crippen molar-refractivity contribution in [2.45, 2.75) is 12.5 Å². The van der Waals surface area contributed by atoms with Crippen molar-refractivity contribution in [1.82, 2.24) is 5.01 Å². The van der Waals surface area contributed by atoms with E-state index < -0.39 is 35.0 Å². The summed E-state index contributed by atoms with van der Waals surface area (Å²) in [5.74, 6) is -0.993. The lowest BCUT2D eigenvalue weighted by atomic mass is 10.1. The summed E-state index contributed by atoms with van der Waals surface area (Å²) in [6, 6.07) is 9.62. The van der Waals surface area contributed by atoms with Crippen molar-refractivity contribution >= 4 is 28.6 Å². The highest BCUT2D eigenvalue weighted by Gasteiger charge is 2.35. The minimum absolute atomic E-state index is 0.320. The molecule has 1 unspecified atom stereocenters. The van der Waals surface area contributed by atoms with Gasteiger partial charge >= 0.3 is 5.69 Å². The molecule has 8 nitrogen and oxygen atoms in total. The molecule has 3 aromatic rings. The number of carbonyl (C=O) groups is 1. The molecule has 0 fully saturated rings. The molecule has 1 atom stereocenters. The summed E-state index contributed by atoms with van der Waals surface area (Å²) in [6.45, 7) is -0.539. The van der Waals surface area contributed by atoms with Gasteiger partial charge in [-0.2, -0.15) is 5.10 Å². The first-order valence-corrected chi connectivity index (χ1v) is 9.44. The third-order valence-electron chi connectivity index (χ3n) is 4.31. The Bertz CT molecular complexity index is 1070. The van der Waals surface area contributed by atoms with Crippen LogP contribution in [0.2, 0.25) is 0 Å². The van der Waals surface area contributed by atoms with Crippen LogP contribution >= 0.6 is 11.3 Å². The Kier molecular flexibility index (Phi) is 5.09. The molecule has 3 heterocycles. The minimum Gasteiger partial charge on any atom is -0.477 e. The van der Waals surface area contributed by atoms with Gasteiger partial charge < -0.3 is 9.15 Å². The van der Waals surface area contributed by atoms with E-state index in [4.69, 9.17) is 9.15 Å². The molecule has 148 valence electrons. The average Bonchev–Trinajstić information content (AvgIpc) is 3.46. The number of rotatable bonds is 6. The van der Waals surface area contributed by atoms with Crippen LogP contribution < -0.4 is 4.74 Å². The number of halogens is 1. The van der Waals surface area contributed by atoms with E-state index in [0.717, 1.165) is 28.8 Å². The Labute approximate surface area is 168 Å². The monoisotopic (exact) mass is 415 g/mol. The van der Waals surface area contributed by atoms with Gasteiger partial charge in [0.05, 0.1) is 21.8 Å². The maximum absolute atomic E-state index is 13.5. The summed E-state index contributed by atoms with van der Waals surface area (Å²) in [6.07, 6.45) is 1.97. The highest BCUT2D eigenvalue weighted by atomic mass is 32.1. The molecule has 0 N–H and O–H groups in total. The second-order valence-electron chi connectivity index (χ2n) is 6.16. The lowest BCUT2D eigenvalue weighted by Gasteiger charge is -2.19. The first-order valence-electron chi connectivity index (χ1n) is 8.56. The van der Waals surface area contributed by atoms with Crippen molar-refractivity contribution in [3.63, 3.8) is 0 Å². The molecule has 1 amide bonds. The zero-order chi connectivity index (χ0) is 20.4. The van der Waals surface area contributed by atoms with E-state index in [1.54, 1.807) is 12.1 Å². The van der Waals surface area contributed by atoms with E-state index in [2.05, 4.69) is 5.10 Å². The standard InChI is InChI=1S/C19H14FN3O5S/c20-12-5-6-14(23(25)26)17(9-12)28-11-19(24)22-15(16-3-1-7-27-16)10-13(21-22)18-4-2-8-29-18/h1-9,15H,10-11H2. The zero-order valence-corrected chi connectivity index (χ0v) is 15.7. The fourth-order valence-electron chi connectivity index (χ4n) is 2.99. The van der Waals surface area contributed by atoms with Gasteiger partial charge in [0.1, 0.15) is 17.6 Å². The smallest absolute Gasteiger partial charge is 0.311 e. The molecule has 0 spiro atoms. The Balaban J connectivity index is 1.56. The molecule has 10 heteroatoms. The third kappa shape index (κ3) is 3.87. The predicted molar refractivity (Wildman–Crippen MR) is 102 cm³/mol. The molecular formula is C19H14FN3O5S. The summed E-state index contributed by atoms with van der Waals surface area (Å²) >= 11 is 1.50. The molecule has 0 bridgehead atoms. The number of benzene rings is 1. The van der Waals surface area contributed by atoms with E-state index >= 15 is 0 Å². The molecular weight excluding hydrogens is 401 g/mol. The van der Waals surface area contributed by atoms with E-state index in [1.165, 1.54) is 22.6 Å². The fraction of sp³-hybridized carbons (Fsp3) is 0.158. The molecule has 1 aliphatic rings. The summed E-state index contributed by atoms with van der Waals surface area (Å²) in [5.41, 5.74) is 0.303. The molecule has 1 aromatic carbocycles. The minimum atomic E-state index is -0.703. The van der Waals surface area contributed by atoms with E-state index in [0.29, 0.717) is 12.2 Å². The first kappa shape index (κ1) is 18.8. The van der Waals surface area contributed by atoms with Crippen molar-refractivity contribution in [1.29, 1.82) is 0 Å². The van der Waals surface area contributed by atoms with Crippen LogP contribution in [0.4, 0.5) is 10.1 Å². The molecule has 0 aliphatic carbocycles. The van der Waals surface area contributed by atoms with Gasteiger partial charge in [-0.15, -0.1) is 11.3 Å². The summed E-state index contributed by atoms with van der Waals surface area (Å²) < 4.78 is 24.2. The van der Waals surface area contributed by atoms with Crippen LogP contribution in [-0.2, 0) is 4.79 Å². The van der Waals surface area contributed by atoms with Crippen molar-refractivity contribution in [3.8, 4) is 5.75 Å². The maximum atomic E-state index is 13.5. The second kappa shape index (κ2) is 7.84. The van der Waals surface area contributed by atoms with Crippen molar-refractivity contribution in [2.75, 3.05) is 6.61 Å². The molecule has 0 saturated carbocycles. The quantitative estimate of drug-likeness (QED) is 0.445. The largest absolute Gasteiger partial charge is 0.477 e. The topological polar surface area (TPSA) is 98.2 Å². The van der Waals surface area contributed by atoms with Gasteiger partial charge in [-0.25, -0.2) is 9.40 Å². The highest BCUT2D eigenvalue weighted by Crippen LogP contribution is 2.34. The van der Waals surface area contributed by atoms with Crippen LogP contribution in [0.15, 0.2) is 63.6 Å². The lowest BCUT2D eigenvalue weighted by Crippen LogP contribution is -2.31. The number of amides is 1. The van der Waals surface area contributed by atoms with Gasteiger partial charge in [-0.1, -0.05) is 6.07 Å².